The molecule has 3 nitrogen and oxygen atoms in total. The average Bonchev–Trinajstić information content (AvgIpc) is 2.42. The fraction of sp³-hybridized carbons (Fsp3) is 0.0625. The van der Waals surface area contributed by atoms with E-state index in [0.717, 1.165) is 5.56 Å². The van der Waals surface area contributed by atoms with Crippen LogP contribution in [-0.4, -0.2) is 0 Å². The molecule has 0 radical (unpaired) electrons. The van der Waals surface area contributed by atoms with Gasteiger partial charge >= 0.3 is 0 Å². The van der Waals surface area contributed by atoms with Crippen molar-refractivity contribution in [2.45, 2.75) is 6.92 Å². The van der Waals surface area contributed by atoms with E-state index in [2.05, 4.69) is 0 Å². The molecule has 2 N–H and O–H groups in total. The van der Waals surface area contributed by atoms with E-state index in [9.17, 15) is 9.18 Å². The molecule has 0 aliphatic rings. The third kappa shape index (κ3) is 2.05. The molecule has 3 rings (SSSR count). The highest BCUT2D eigenvalue weighted by atomic mass is 19.1. The normalized spacial score (nSPS) is 10.9. The van der Waals surface area contributed by atoms with Crippen LogP contribution < -0.4 is 11.2 Å². The van der Waals surface area contributed by atoms with Gasteiger partial charge in [-0.15, -0.1) is 0 Å². The zero-order valence-electron chi connectivity index (χ0n) is 10.8. The summed E-state index contributed by atoms with van der Waals surface area (Å²) in [5.74, 6) is -0.120. The lowest BCUT2D eigenvalue weighted by atomic mass is 10.1. The van der Waals surface area contributed by atoms with Crippen LogP contribution in [0, 0.1) is 12.7 Å². The summed E-state index contributed by atoms with van der Waals surface area (Å²) in [6.07, 6.45) is 0. The molecule has 1 heterocycles. The molecule has 3 aromatic rings. The molecule has 4 heteroatoms. The Kier molecular flexibility index (Phi) is 2.79. The Balaban J connectivity index is 2.24. The highest BCUT2D eigenvalue weighted by Gasteiger charge is 2.08. The van der Waals surface area contributed by atoms with Gasteiger partial charge in [0.15, 0.2) is 5.43 Å². The minimum Gasteiger partial charge on any atom is -0.456 e. The van der Waals surface area contributed by atoms with Crippen molar-refractivity contribution in [2.75, 3.05) is 5.73 Å². The van der Waals surface area contributed by atoms with Gasteiger partial charge in [0.05, 0.1) is 11.1 Å². The topological polar surface area (TPSA) is 56.2 Å². The van der Waals surface area contributed by atoms with E-state index in [4.69, 9.17) is 10.2 Å². The lowest BCUT2D eigenvalue weighted by Gasteiger charge is -2.05. The monoisotopic (exact) mass is 269 g/mol. The second kappa shape index (κ2) is 4.49. The van der Waals surface area contributed by atoms with Gasteiger partial charge in [-0.1, -0.05) is 11.6 Å². The van der Waals surface area contributed by atoms with Crippen molar-refractivity contribution < 1.29 is 8.81 Å². The Hall–Kier alpha value is -2.62. The van der Waals surface area contributed by atoms with E-state index in [-0.39, 0.29) is 11.1 Å². The van der Waals surface area contributed by atoms with E-state index < -0.39 is 5.82 Å². The number of anilines is 1. The van der Waals surface area contributed by atoms with Crippen molar-refractivity contribution in [2.24, 2.45) is 0 Å². The molecule has 0 saturated carbocycles. The smallest absolute Gasteiger partial charge is 0.193 e. The summed E-state index contributed by atoms with van der Waals surface area (Å²) in [7, 11) is 0. The van der Waals surface area contributed by atoms with Crippen molar-refractivity contribution >= 4 is 16.7 Å². The Morgan fingerprint density at radius 3 is 2.65 bits per heavy atom. The summed E-state index contributed by atoms with van der Waals surface area (Å²) >= 11 is 0. The van der Waals surface area contributed by atoms with E-state index in [1.54, 1.807) is 12.1 Å². The lowest BCUT2D eigenvalue weighted by Crippen LogP contribution is -2.01. The van der Waals surface area contributed by atoms with Crippen LogP contribution in [0.2, 0.25) is 0 Å². The summed E-state index contributed by atoms with van der Waals surface area (Å²) in [6.45, 7) is 1.91. The van der Waals surface area contributed by atoms with E-state index in [0.29, 0.717) is 22.3 Å². The second-order valence-corrected chi connectivity index (χ2v) is 4.71. The summed E-state index contributed by atoms with van der Waals surface area (Å²) < 4.78 is 18.9. The minimum absolute atomic E-state index is 0.0224. The first kappa shape index (κ1) is 12.4. The Morgan fingerprint density at radius 2 is 1.90 bits per heavy atom. The predicted molar refractivity (Wildman–Crippen MR) is 77.0 cm³/mol. The van der Waals surface area contributed by atoms with Crippen LogP contribution in [0.25, 0.3) is 22.3 Å². The fourth-order valence-corrected chi connectivity index (χ4v) is 2.11. The standard InChI is InChI=1S/C16H12FNO2/c1-9-2-5-15-11(6-9)14(19)8-16(20-15)10-3-4-12(17)13(18)7-10/h2-8H,18H2,1H3. The molecule has 0 aliphatic heterocycles. The van der Waals surface area contributed by atoms with Crippen LogP contribution in [0.4, 0.5) is 10.1 Å². The first-order chi connectivity index (χ1) is 9.54. The maximum atomic E-state index is 13.2. The highest BCUT2D eigenvalue weighted by molar-refractivity contribution is 5.79. The summed E-state index contributed by atoms with van der Waals surface area (Å²) in [6, 6.07) is 11.0. The van der Waals surface area contributed by atoms with Crippen molar-refractivity contribution in [3.8, 4) is 11.3 Å². The predicted octanol–water partition coefficient (Wildman–Crippen LogP) is 3.49. The number of halogens is 1. The Morgan fingerprint density at radius 1 is 1.10 bits per heavy atom. The lowest BCUT2D eigenvalue weighted by molar-refractivity contribution is 0.616. The molecule has 0 atom stereocenters. The molecule has 0 bridgehead atoms. The molecular formula is C16H12FNO2. The number of benzene rings is 2. The van der Waals surface area contributed by atoms with Crippen molar-refractivity contribution in [3.63, 3.8) is 0 Å². The van der Waals surface area contributed by atoms with Crippen LogP contribution in [0.3, 0.4) is 0 Å². The zero-order valence-corrected chi connectivity index (χ0v) is 10.8. The molecule has 20 heavy (non-hydrogen) atoms. The first-order valence-corrected chi connectivity index (χ1v) is 6.14. The molecule has 1 aromatic heterocycles. The molecule has 2 aromatic carbocycles. The van der Waals surface area contributed by atoms with Gasteiger partial charge in [0.2, 0.25) is 0 Å². The molecule has 0 fully saturated rings. The van der Waals surface area contributed by atoms with Gasteiger partial charge in [-0.05, 0) is 37.3 Å². The zero-order chi connectivity index (χ0) is 14.3. The number of hydrogen-bond acceptors (Lipinski definition) is 3. The maximum absolute atomic E-state index is 13.2. The Labute approximate surface area is 114 Å². The van der Waals surface area contributed by atoms with Crippen LogP contribution in [-0.2, 0) is 0 Å². The van der Waals surface area contributed by atoms with E-state index in [1.165, 1.54) is 24.3 Å². The van der Waals surface area contributed by atoms with E-state index in [1.807, 2.05) is 13.0 Å². The first-order valence-electron chi connectivity index (χ1n) is 6.14. The van der Waals surface area contributed by atoms with Crippen molar-refractivity contribution in [1.82, 2.24) is 0 Å². The van der Waals surface area contributed by atoms with Crippen LogP contribution >= 0.6 is 0 Å². The number of aryl methyl sites for hydroxylation is 1. The number of nitrogens with two attached hydrogens (primary N) is 1. The third-order valence-electron chi connectivity index (χ3n) is 3.16. The van der Waals surface area contributed by atoms with Crippen molar-refractivity contribution in [3.05, 3.63) is 64.1 Å². The molecule has 0 saturated heterocycles. The Bertz CT molecular complexity index is 868. The molecular weight excluding hydrogens is 257 g/mol. The largest absolute Gasteiger partial charge is 0.456 e. The quantitative estimate of drug-likeness (QED) is 0.688. The summed E-state index contributed by atoms with van der Waals surface area (Å²) in [5.41, 5.74) is 7.49. The summed E-state index contributed by atoms with van der Waals surface area (Å²) in [5, 5.41) is 0.531. The summed E-state index contributed by atoms with van der Waals surface area (Å²) in [4.78, 5) is 12.1. The third-order valence-corrected chi connectivity index (χ3v) is 3.16. The van der Waals surface area contributed by atoms with E-state index >= 15 is 0 Å². The molecule has 100 valence electrons. The van der Waals surface area contributed by atoms with Gasteiger partial charge in [0, 0.05) is 11.6 Å². The second-order valence-electron chi connectivity index (χ2n) is 4.71. The van der Waals surface area contributed by atoms with Gasteiger partial charge in [-0.3, -0.25) is 4.79 Å². The average molecular weight is 269 g/mol. The maximum Gasteiger partial charge on any atom is 0.193 e. The van der Waals surface area contributed by atoms with Gasteiger partial charge in [-0.2, -0.15) is 0 Å². The molecule has 0 unspecified atom stereocenters. The van der Waals surface area contributed by atoms with Crippen LogP contribution in [0.5, 0.6) is 0 Å². The number of hydrogen-bond donors (Lipinski definition) is 1. The fourth-order valence-electron chi connectivity index (χ4n) is 2.11. The van der Waals surface area contributed by atoms with Gasteiger partial charge in [0.1, 0.15) is 17.2 Å². The van der Waals surface area contributed by atoms with Gasteiger partial charge in [0.25, 0.3) is 0 Å². The van der Waals surface area contributed by atoms with Gasteiger partial charge in [-0.25, -0.2) is 4.39 Å². The number of nitrogen functional groups attached to an aromatic ring is 1. The minimum atomic E-state index is -0.493. The molecule has 0 spiro atoms. The van der Waals surface area contributed by atoms with Gasteiger partial charge < -0.3 is 10.2 Å². The number of rotatable bonds is 1. The SMILES string of the molecule is Cc1ccc2oc(-c3ccc(F)c(N)c3)cc(=O)c2c1. The van der Waals surface area contributed by atoms with Crippen molar-refractivity contribution in [1.29, 1.82) is 0 Å². The number of fused-ring (bicyclic) bond motifs is 1. The van der Waals surface area contributed by atoms with Crippen LogP contribution in [0.15, 0.2) is 51.7 Å². The molecule has 0 aliphatic carbocycles. The molecule has 0 amide bonds. The van der Waals surface area contributed by atoms with Crippen LogP contribution in [0.1, 0.15) is 5.56 Å². The highest BCUT2D eigenvalue weighted by Crippen LogP contribution is 2.25.